The van der Waals surface area contributed by atoms with E-state index in [0.29, 0.717) is 11.1 Å². The average molecular weight is 541 g/mol. The third kappa shape index (κ3) is 5.49. The van der Waals surface area contributed by atoms with Crippen molar-refractivity contribution >= 4 is 17.5 Å². The van der Waals surface area contributed by atoms with Crippen LogP contribution in [0.1, 0.15) is 28.6 Å². The maximum Gasteiger partial charge on any atom is 0.450 e. The first-order chi connectivity index (χ1) is 17.4. The van der Waals surface area contributed by atoms with E-state index in [9.17, 15) is 31.9 Å². The van der Waals surface area contributed by atoms with Crippen LogP contribution in [0.5, 0.6) is 0 Å². The van der Waals surface area contributed by atoms with Gasteiger partial charge in [0, 0.05) is 22.2 Å². The lowest BCUT2D eigenvalue weighted by Gasteiger charge is -2.35. The molecular weight excluding hydrogens is 523 g/mol. The number of furan rings is 1. The lowest BCUT2D eigenvalue weighted by Crippen LogP contribution is -2.52. The van der Waals surface area contributed by atoms with Gasteiger partial charge < -0.3 is 14.8 Å². The number of aliphatic hydroxyl groups is 1. The first kappa shape index (κ1) is 26.3. The highest BCUT2D eigenvalue weighted by Crippen LogP contribution is 2.38. The van der Waals surface area contributed by atoms with Gasteiger partial charge in [0.2, 0.25) is 5.76 Å². The summed E-state index contributed by atoms with van der Waals surface area (Å²) < 4.78 is 75.5. The molecule has 0 radical (unpaired) electrons. The minimum absolute atomic E-state index is 0.234. The quantitative estimate of drug-likeness (QED) is 0.315. The molecule has 2 atom stereocenters. The van der Waals surface area contributed by atoms with Crippen LogP contribution in [0.25, 0.3) is 11.3 Å². The molecule has 2 aromatic carbocycles. The van der Waals surface area contributed by atoms with Crippen molar-refractivity contribution in [3.8, 4) is 11.3 Å². The van der Waals surface area contributed by atoms with E-state index in [2.05, 4.69) is 15.4 Å². The van der Waals surface area contributed by atoms with Gasteiger partial charge in [-0.2, -0.15) is 18.3 Å². The Kier molecular flexibility index (Phi) is 7.07. The van der Waals surface area contributed by atoms with E-state index in [4.69, 9.17) is 16.0 Å². The van der Waals surface area contributed by atoms with Crippen LogP contribution in [-0.2, 0) is 18.3 Å². The molecule has 0 aliphatic carbocycles. The number of amides is 1. The number of aromatic nitrogens is 3. The van der Waals surface area contributed by atoms with Crippen LogP contribution >= 0.6 is 11.6 Å². The van der Waals surface area contributed by atoms with Crippen LogP contribution in [0.2, 0.25) is 5.02 Å². The van der Waals surface area contributed by atoms with E-state index in [0.717, 1.165) is 29.2 Å². The smallest absolute Gasteiger partial charge is 0.450 e. The van der Waals surface area contributed by atoms with Crippen LogP contribution < -0.4 is 5.32 Å². The van der Waals surface area contributed by atoms with Crippen LogP contribution in [0.15, 0.2) is 65.6 Å². The molecule has 0 aliphatic rings. The molecule has 194 valence electrons. The van der Waals surface area contributed by atoms with Crippen LogP contribution in [0.4, 0.5) is 22.0 Å². The highest BCUT2D eigenvalue weighted by atomic mass is 35.5. The molecule has 0 fully saturated rings. The third-order valence-electron chi connectivity index (χ3n) is 5.69. The number of carbonyl (C=O) groups is 1. The SMILES string of the molecule is C[C@@H](NC(=O)c1cc(-c2ccc(Cl)cc2)oc1C(F)(F)F)[C@](O)(Cn1cncn1)c1ccc(F)cc1F. The molecule has 1 amide bonds. The summed E-state index contributed by atoms with van der Waals surface area (Å²) in [6.45, 7) is 0.787. The summed E-state index contributed by atoms with van der Waals surface area (Å²) in [5.41, 5.74) is -3.31. The molecular formula is C24H18ClF5N4O3. The second-order valence-electron chi connectivity index (χ2n) is 8.19. The maximum absolute atomic E-state index is 14.7. The first-order valence-corrected chi connectivity index (χ1v) is 11.0. The van der Waals surface area contributed by atoms with E-state index < -0.39 is 58.8 Å². The predicted octanol–water partition coefficient (Wildman–Crippen LogP) is 5.19. The monoisotopic (exact) mass is 540 g/mol. The lowest BCUT2D eigenvalue weighted by atomic mass is 9.86. The Balaban J connectivity index is 1.71. The summed E-state index contributed by atoms with van der Waals surface area (Å²) in [6, 6.07) is 7.62. The zero-order valence-electron chi connectivity index (χ0n) is 18.9. The molecule has 7 nitrogen and oxygen atoms in total. The Morgan fingerprint density at radius 2 is 1.86 bits per heavy atom. The van der Waals surface area contributed by atoms with E-state index in [-0.39, 0.29) is 11.3 Å². The van der Waals surface area contributed by atoms with Crippen molar-refractivity contribution in [2.45, 2.75) is 31.3 Å². The number of carbonyl (C=O) groups excluding carboxylic acids is 1. The number of hydrogen-bond donors (Lipinski definition) is 2. The second kappa shape index (κ2) is 9.94. The Bertz CT molecular complexity index is 1410. The van der Waals surface area contributed by atoms with E-state index in [1.165, 1.54) is 37.5 Å². The van der Waals surface area contributed by atoms with Gasteiger partial charge in [-0.05, 0) is 43.3 Å². The number of benzene rings is 2. The standard InChI is InChI=1S/C24H18ClF5N4O3/c1-13(23(36,10-34-12-31-11-32-34)18-7-6-16(26)8-19(18)27)33-22(35)17-9-20(37-21(17)24(28,29)30)14-2-4-15(25)5-3-14/h2-9,11-13,36H,10H2,1H3,(H,33,35)/t13-,23-/m1/s1. The summed E-state index contributed by atoms with van der Waals surface area (Å²) in [6.07, 6.45) is -2.68. The zero-order chi connectivity index (χ0) is 27.0. The van der Waals surface area contributed by atoms with Gasteiger partial charge in [0.1, 0.15) is 35.7 Å². The number of nitrogens with zero attached hydrogens (tertiary/aromatic N) is 3. The minimum atomic E-state index is -5.03. The number of halogens is 6. The van der Waals surface area contributed by atoms with E-state index in [1.54, 1.807) is 0 Å². The summed E-state index contributed by atoms with van der Waals surface area (Å²) in [5.74, 6) is -5.10. The molecule has 0 spiro atoms. The molecule has 0 bridgehead atoms. The first-order valence-electron chi connectivity index (χ1n) is 10.7. The Morgan fingerprint density at radius 3 is 2.46 bits per heavy atom. The number of hydrogen-bond acceptors (Lipinski definition) is 5. The molecule has 37 heavy (non-hydrogen) atoms. The van der Waals surface area contributed by atoms with Gasteiger partial charge in [-0.25, -0.2) is 18.4 Å². The Hall–Kier alpha value is -3.77. The Morgan fingerprint density at radius 1 is 1.16 bits per heavy atom. The number of nitrogens with one attached hydrogen (secondary N) is 1. The van der Waals surface area contributed by atoms with Gasteiger partial charge in [-0.3, -0.25) is 4.79 Å². The van der Waals surface area contributed by atoms with E-state index in [1.807, 2.05) is 0 Å². The fourth-order valence-corrected chi connectivity index (χ4v) is 3.90. The molecule has 2 aromatic heterocycles. The van der Waals surface area contributed by atoms with Crippen molar-refractivity contribution in [2.75, 3.05) is 0 Å². The molecule has 2 heterocycles. The van der Waals surface area contributed by atoms with Gasteiger partial charge in [0.15, 0.2) is 0 Å². The highest BCUT2D eigenvalue weighted by Gasteiger charge is 2.43. The molecule has 0 unspecified atom stereocenters. The zero-order valence-corrected chi connectivity index (χ0v) is 19.7. The molecule has 13 heteroatoms. The van der Waals surface area contributed by atoms with Gasteiger partial charge in [0.05, 0.1) is 18.2 Å². The third-order valence-corrected chi connectivity index (χ3v) is 5.95. The van der Waals surface area contributed by atoms with Crippen molar-refractivity contribution in [3.05, 3.63) is 94.7 Å². The van der Waals surface area contributed by atoms with Crippen molar-refractivity contribution in [1.82, 2.24) is 20.1 Å². The molecule has 2 N–H and O–H groups in total. The predicted molar refractivity (Wildman–Crippen MR) is 121 cm³/mol. The molecule has 0 saturated heterocycles. The summed E-state index contributed by atoms with van der Waals surface area (Å²) in [7, 11) is 0. The lowest BCUT2D eigenvalue weighted by molar-refractivity contribution is -0.153. The number of rotatable bonds is 7. The minimum Gasteiger partial charge on any atom is -0.451 e. The van der Waals surface area contributed by atoms with Crippen molar-refractivity contribution in [3.63, 3.8) is 0 Å². The number of alkyl halides is 3. The van der Waals surface area contributed by atoms with Crippen LogP contribution in [0, 0.1) is 11.6 Å². The molecule has 0 saturated carbocycles. The fourth-order valence-electron chi connectivity index (χ4n) is 3.78. The van der Waals surface area contributed by atoms with E-state index >= 15 is 0 Å². The second-order valence-corrected chi connectivity index (χ2v) is 8.63. The van der Waals surface area contributed by atoms with Crippen molar-refractivity contribution < 1.29 is 36.3 Å². The average Bonchev–Trinajstić information content (AvgIpc) is 3.49. The molecule has 0 aliphatic heterocycles. The van der Waals surface area contributed by atoms with Gasteiger partial charge >= 0.3 is 6.18 Å². The van der Waals surface area contributed by atoms with Crippen molar-refractivity contribution in [1.29, 1.82) is 0 Å². The summed E-state index contributed by atoms with van der Waals surface area (Å²) in [5, 5.41) is 18.0. The maximum atomic E-state index is 14.7. The topological polar surface area (TPSA) is 93.2 Å². The van der Waals surface area contributed by atoms with Crippen LogP contribution in [-0.4, -0.2) is 31.8 Å². The van der Waals surface area contributed by atoms with Gasteiger partial charge in [-0.15, -0.1) is 0 Å². The summed E-state index contributed by atoms with van der Waals surface area (Å²) in [4.78, 5) is 16.8. The largest absolute Gasteiger partial charge is 0.451 e. The van der Waals surface area contributed by atoms with Gasteiger partial charge in [-0.1, -0.05) is 17.7 Å². The van der Waals surface area contributed by atoms with Crippen LogP contribution in [0.3, 0.4) is 0 Å². The van der Waals surface area contributed by atoms with Gasteiger partial charge in [0.25, 0.3) is 5.91 Å². The van der Waals surface area contributed by atoms with Crippen molar-refractivity contribution in [2.24, 2.45) is 0 Å². The fraction of sp³-hybridized carbons (Fsp3) is 0.208. The summed E-state index contributed by atoms with van der Waals surface area (Å²) >= 11 is 5.82. The normalized spacial score (nSPS) is 14.3. The highest BCUT2D eigenvalue weighted by molar-refractivity contribution is 6.30. The molecule has 4 aromatic rings. The Labute approximate surface area is 211 Å². The molecule has 4 rings (SSSR count).